The van der Waals surface area contributed by atoms with Crippen molar-refractivity contribution >= 4 is 28.2 Å². The molecule has 4 aromatic rings. The molecule has 148 valence electrons. The van der Waals surface area contributed by atoms with E-state index in [1.165, 1.54) is 11.3 Å². The molecule has 6 nitrogen and oxygen atoms in total. The number of methoxy groups -OCH3 is 2. The zero-order chi connectivity index (χ0) is 20.2. The van der Waals surface area contributed by atoms with E-state index in [1.807, 2.05) is 54.0 Å². The van der Waals surface area contributed by atoms with Crippen LogP contribution in [0, 0.1) is 0 Å². The van der Waals surface area contributed by atoms with Crippen LogP contribution in [0.3, 0.4) is 0 Å². The van der Waals surface area contributed by atoms with E-state index in [0.29, 0.717) is 17.2 Å². The van der Waals surface area contributed by atoms with Crippen molar-refractivity contribution in [2.24, 2.45) is 0 Å². The van der Waals surface area contributed by atoms with Gasteiger partial charge in [0.2, 0.25) is 0 Å². The lowest BCUT2D eigenvalue weighted by molar-refractivity contribution is -0.144. The Balaban J connectivity index is 1.40. The molecule has 0 unspecified atom stereocenters. The van der Waals surface area contributed by atoms with Crippen LogP contribution in [-0.2, 0) is 22.6 Å². The number of para-hydroxylation sites is 1. The Labute approximate surface area is 172 Å². The third-order valence-electron chi connectivity index (χ3n) is 4.57. The van der Waals surface area contributed by atoms with Crippen molar-refractivity contribution in [2.45, 2.75) is 13.0 Å². The van der Waals surface area contributed by atoms with E-state index in [2.05, 4.69) is 9.97 Å². The van der Waals surface area contributed by atoms with Gasteiger partial charge in [0, 0.05) is 28.0 Å². The van der Waals surface area contributed by atoms with Gasteiger partial charge in [0.25, 0.3) is 0 Å². The standard InChI is InChI=1S/C22H20N2O4S/c1-26-19-8-7-14(9-20(19)27-2)22-24-16(13-29-22)12-28-21(25)10-15-11-23-18-6-4-3-5-17(15)18/h3-9,11,13,23H,10,12H2,1-2H3. The molecule has 29 heavy (non-hydrogen) atoms. The second kappa shape index (κ2) is 8.36. The maximum Gasteiger partial charge on any atom is 0.310 e. The summed E-state index contributed by atoms with van der Waals surface area (Å²) in [6.07, 6.45) is 2.07. The fourth-order valence-corrected chi connectivity index (χ4v) is 3.92. The SMILES string of the molecule is COc1ccc(-c2nc(COC(=O)Cc3c[nH]c4ccccc34)cs2)cc1OC. The topological polar surface area (TPSA) is 73.4 Å². The molecule has 0 amide bonds. The lowest BCUT2D eigenvalue weighted by Gasteiger charge is -2.08. The molecule has 2 heterocycles. The smallest absolute Gasteiger partial charge is 0.310 e. The first kappa shape index (κ1) is 19.0. The van der Waals surface area contributed by atoms with Crippen LogP contribution in [0.2, 0.25) is 0 Å². The molecule has 0 spiro atoms. The number of hydrogen-bond donors (Lipinski definition) is 1. The first-order valence-corrected chi connectivity index (χ1v) is 9.93. The molecule has 0 atom stereocenters. The average Bonchev–Trinajstić information content (AvgIpc) is 3.39. The van der Waals surface area contributed by atoms with Gasteiger partial charge in [-0.1, -0.05) is 18.2 Å². The number of aromatic nitrogens is 2. The number of hydrogen-bond acceptors (Lipinski definition) is 6. The normalized spacial score (nSPS) is 10.8. The molecule has 0 saturated heterocycles. The van der Waals surface area contributed by atoms with Crippen LogP contribution in [0.25, 0.3) is 21.5 Å². The van der Waals surface area contributed by atoms with Crippen LogP contribution < -0.4 is 9.47 Å². The van der Waals surface area contributed by atoms with E-state index in [4.69, 9.17) is 14.2 Å². The van der Waals surface area contributed by atoms with Crippen LogP contribution in [0.5, 0.6) is 11.5 Å². The summed E-state index contributed by atoms with van der Waals surface area (Å²) in [6.45, 7) is 0.144. The summed E-state index contributed by atoms with van der Waals surface area (Å²) >= 11 is 1.49. The monoisotopic (exact) mass is 408 g/mol. The summed E-state index contributed by atoms with van der Waals surface area (Å²) in [4.78, 5) is 20.0. The highest BCUT2D eigenvalue weighted by Gasteiger charge is 2.13. The first-order valence-electron chi connectivity index (χ1n) is 9.05. The quantitative estimate of drug-likeness (QED) is 0.453. The number of esters is 1. The minimum absolute atomic E-state index is 0.144. The van der Waals surface area contributed by atoms with Crippen molar-refractivity contribution in [3.05, 3.63) is 65.3 Å². The predicted octanol–water partition coefficient (Wildman–Crippen LogP) is 4.59. The van der Waals surface area contributed by atoms with Gasteiger partial charge in [-0.2, -0.15) is 0 Å². The zero-order valence-corrected chi connectivity index (χ0v) is 16.9. The maximum atomic E-state index is 12.3. The molecular weight excluding hydrogens is 388 g/mol. The molecule has 0 radical (unpaired) electrons. The van der Waals surface area contributed by atoms with Crippen molar-refractivity contribution in [3.8, 4) is 22.1 Å². The highest BCUT2D eigenvalue weighted by molar-refractivity contribution is 7.13. The van der Waals surface area contributed by atoms with Gasteiger partial charge in [0.05, 0.1) is 26.3 Å². The molecule has 1 N–H and O–H groups in total. The van der Waals surface area contributed by atoms with Crippen LogP contribution in [0.15, 0.2) is 54.0 Å². The van der Waals surface area contributed by atoms with E-state index in [-0.39, 0.29) is 19.0 Å². The lowest BCUT2D eigenvalue weighted by atomic mass is 10.1. The maximum absolute atomic E-state index is 12.3. The number of carbonyl (C=O) groups excluding carboxylic acids is 1. The number of benzene rings is 2. The Morgan fingerprint density at radius 2 is 1.93 bits per heavy atom. The number of nitrogens with zero attached hydrogens (tertiary/aromatic N) is 1. The molecule has 0 fully saturated rings. The molecule has 2 aromatic heterocycles. The van der Waals surface area contributed by atoms with Crippen molar-refractivity contribution < 1.29 is 19.0 Å². The number of aromatic amines is 1. The van der Waals surface area contributed by atoms with Crippen molar-refractivity contribution in [3.63, 3.8) is 0 Å². The molecule has 0 aliphatic heterocycles. The summed E-state index contributed by atoms with van der Waals surface area (Å²) in [5.74, 6) is 1.03. The zero-order valence-electron chi connectivity index (χ0n) is 16.1. The minimum atomic E-state index is -0.282. The number of H-pyrrole nitrogens is 1. The van der Waals surface area contributed by atoms with Crippen LogP contribution >= 0.6 is 11.3 Å². The van der Waals surface area contributed by atoms with Gasteiger partial charge in [0.15, 0.2) is 11.5 Å². The van der Waals surface area contributed by atoms with Gasteiger partial charge >= 0.3 is 5.97 Å². The van der Waals surface area contributed by atoms with Crippen LogP contribution in [0.1, 0.15) is 11.3 Å². The van der Waals surface area contributed by atoms with Gasteiger partial charge in [-0.3, -0.25) is 4.79 Å². The van der Waals surface area contributed by atoms with E-state index in [1.54, 1.807) is 14.2 Å². The largest absolute Gasteiger partial charge is 0.493 e. The Morgan fingerprint density at radius 1 is 1.10 bits per heavy atom. The number of ether oxygens (including phenoxy) is 3. The van der Waals surface area contributed by atoms with E-state index >= 15 is 0 Å². The predicted molar refractivity (Wildman–Crippen MR) is 112 cm³/mol. The molecule has 4 rings (SSSR count). The van der Waals surface area contributed by atoms with Gasteiger partial charge in [-0.05, 0) is 29.8 Å². The Kier molecular flexibility index (Phi) is 5.48. The number of carbonyl (C=O) groups is 1. The Morgan fingerprint density at radius 3 is 2.76 bits per heavy atom. The van der Waals surface area contributed by atoms with Gasteiger partial charge in [0.1, 0.15) is 11.6 Å². The summed E-state index contributed by atoms with van der Waals surface area (Å²) in [5, 5.41) is 3.76. The van der Waals surface area contributed by atoms with Crippen molar-refractivity contribution in [1.82, 2.24) is 9.97 Å². The van der Waals surface area contributed by atoms with Crippen molar-refractivity contribution in [2.75, 3.05) is 14.2 Å². The Hall–Kier alpha value is -3.32. The molecule has 7 heteroatoms. The second-order valence-corrected chi connectivity index (χ2v) is 7.27. The molecule has 0 aliphatic rings. The van der Waals surface area contributed by atoms with Gasteiger partial charge < -0.3 is 19.2 Å². The van der Waals surface area contributed by atoms with E-state index < -0.39 is 0 Å². The molecule has 0 aliphatic carbocycles. The fourth-order valence-electron chi connectivity index (χ4n) is 3.11. The number of thiazole rings is 1. The highest BCUT2D eigenvalue weighted by atomic mass is 32.1. The highest BCUT2D eigenvalue weighted by Crippen LogP contribution is 2.33. The summed E-state index contributed by atoms with van der Waals surface area (Å²) in [5.41, 5.74) is 3.57. The molecule has 0 bridgehead atoms. The van der Waals surface area contributed by atoms with Gasteiger partial charge in [-0.15, -0.1) is 11.3 Å². The number of rotatable bonds is 7. The Bertz CT molecular complexity index is 1150. The molecule has 2 aromatic carbocycles. The second-order valence-electron chi connectivity index (χ2n) is 6.41. The molecular formula is C22H20N2O4S. The number of nitrogens with one attached hydrogen (secondary N) is 1. The number of fused-ring (bicyclic) bond motifs is 1. The van der Waals surface area contributed by atoms with E-state index in [9.17, 15) is 4.79 Å². The molecule has 0 saturated carbocycles. The lowest BCUT2D eigenvalue weighted by Crippen LogP contribution is -2.07. The summed E-state index contributed by atoms with van der Waals surface area (Å²) < 4.78 is 16.0. The van der Waals surface area contributed by atoms with Crippen LogP contribution in [0.4, 0.5) is 0 Å². The van der Waals surface area contributed by atoms with Gasteiger partial charge in [-0.25, -0.2) is 4.98 Å². The fraction of sp³-hybridized carbons (Fsp3) is 0.182. The minimum Gasteiger partial charge on any atom is -0.493 e. The summed E-state index contributed by atoms with van der Waals surface area (Å²) in [6, 6.07) is 13.5. The van der Waals surface area contributed by atoms with E-state index in [0.717, 1.165) is 27.0 Å². The summed E-state index contributed by atoms with van der Waals surface area (Å²) in [7, 11) is 3.20. The van der Waals surface area contributed by atoms with Crippen LogP contribution in [-0.4, -0.2) is 30.2 Å². The first-order chi connectivity index (χ1) is 14.2. The average molecular weight is 408 g/mol. The van der Waals surface area contributed by atoms with Crippen molar-refractivity contribution in [1.29, 1.82) is 0 Å². The third kappa shape index (κ3) is 4.09. The third-order valence-corrected chi connectivity index (χ3v) is 5.51.